The van der Waals surface area contributed by atoms with Crippen molar-refractivity contribution in [3.63, 3.8) is 0 Å². The van der Waals surface area contributed by atoms with E-state index in [2.05, 4.69) is 63.2 Å². The van der Waals surface area contributed by atoms with E-state index in [0.29, 0.717) is 87.5 Å². The van der Waals surface area contributed by atoms with Crippen molar-refractivity contribution in [2.75, 3.05) is 6.54 Å². The summed E-state index contributed by atoms with van der Waals surface area (Å²) < 4.78 is 25.6. The van der Waals surface area contributed by atoms with Crippen LogP contribution in [0.2, 0.25) is 10.0 Å². The maximum Gasteiger partial charge on any atom is 0.306 e. The van der Waals surface area contributed by atoms with Crippen molar-refractivity contribution in [3.8, 4) is 46.8 Å². The van der Waals surface area contributed by atoms with Crippen molar-refractivity contribution < 1.29 is 49.0 Å². The summed E-state index contributed by atoms with van der Waals surface area (Å²) in [5, 5.41) is 60.7. The van der Waals surface area contributed by atoms with Gasteiger partial charge in [-0.15, -0.1) is 0 Å². The molecule has 6 rings (SSSR count). The molecule has 0 aliphatic heterocycles. The number of carboxylic acid groups (broad SMARTS) is 2. The van der Waals surface area contributed by atoms with E-state index < -0.39 is 30.6 Å². The minimum atomic E-state index is -1.13. The Labute approximate surface area is 428 Å². The normalized spacial score (nSPS) is 11.8. The molecule has 21 heteroatoms. The summed E-state index contributed by atoms with van der Waals surface area (Å²) in [6.45, 7) is 0.190. The Bertz CT molecular complexity index is 2730. The van der Waals surface area contributed by atoms with Gasteiger partial charge in [0.15, 0.2) is 0 Å². The zero-order valence-corrected chi connectivity index (χ0v) is 41.6. The lowest BCUT2D eigenvalue weighted by atomic mass is 10.0. The molecule has 0 aliphatic rings. The molecule has 2 aromatic carbocycles. The number of carboxylic acids is 2. The first-order chi connectivity index (χ1) is 33.7. The molecular formula is C49H43Br2Cl2N7O10. The quantitative estimate of drug-likeness (QED) is 0.0358. The fourth-order valence-corrected chi connectivity index (χ4v) is 8.40. The van der Waals surface area contributed by atoms with Crippen LogP contribution in [0.5, 0.6) is 23.5 Å². The molecule has 4 aromatic heterocycles. The first kappa shape index (κ1) is 52.9. The van der Waals surface area contributed by atoms with Gasteiger partial charge in [0.05, 0.1) is 55.2 Å². The van der Waals surface area contributed by atoms with Crippen molar-refractivity contribution >= 4 is 67.0 Å². The lowest BCUT2D eigenvalue weighted by molar-refractivity contribution is -0.140. The fraction of sp³-hybridized carbons (Fsp3) is 0.265. The average molecular weight is 1120 g/mol. The highest BCUT2D eigenvalue weighted by atomic mass is 79.9. The maximum absolute atomic E-state index is 11.1. The molecule has 0 unspecified atom stereocenters. The first-order valence-electron chi connectivity index (χ1n) is 21.3. The Morgan fingerprint density at radius 1 is 0.643 bits per heavy atom. The highest BCUT2D eigenvalue weighted by Gasteiger charge is 2.20. The molecule has 0 amide bonds. The SMILES string of the molecule is N#Cc1cncc(COc2nc(OCc3cccc(-c4cccc(COc5nc(OCc6cncc(C#N)c6)c(CNC[C@H](O)CC(=O)O)cc5Br)c4Cl)c3Cl)c(Br)cc2CCC[C@H](O)CC(=O)O)c1. The van der Waals surface area contributed by atoms with Crippen LogP contribution in [0.4, 0.5) is 0 Å². The van der Waals surface area contributed by atoms with E-state index >= 15 is 0 Å². The molecule has 0 radical (unpaired) electrons. The van der Waals surface area contributed by atoms with Gasteiger partial charge in [-0.2, -0.15) is 20.5 Å². The predicted molar refractivity (Wildman–Crippen MR) is 262 cm³/mol. The van der Waals surface area contributed by atoms with E-state index in [4.69, 9.17) is 52.4 Å². The number of carbonyl (C=O) groups is 2. The molecule has 2 atom stereocenters. The summed E-state index contributed by atoms with van der Waals surface area (Å²) in [7, 11) is 0. The van der Waals surface area contributed by atoms with Crippen LogP contribution in [0.3, 0.4) is 0 Å². The van der Waals surface area contributed by atoms with Crippen molar-refractivity contribution in [1.82, 2.24) is 25.3 Å². The monoisotopic (exact) mass is 1120 g/mol. The molecule has 70 heavy (non-hydrogen) atoms. The number of nitrogens with one attached hydrogen (secondary N) is 1. The third-order valence-corrected chi connectivity index (χ3v) is 12.3. The van der Waals surface area contributed by atoms with Gasteiger partial charge < -0.3 is 44.7 Å². The van der Waals surface area contributed by atoms with Crippen LogP contribution in [0.1, 0.15) is 70.2 Å². The predicted octanol–water partition coefficient (Wildman–Crippen LogP) is 8.91. The molecule has 5 N–H and O–H groups in total. The summed E-state index contributed by atoms with van der Waals surface area (Å²) in [4.78, 5) is 39.6. The van der Waals surface area contributed by atoms with Crippen LogP contribution >= 0.6 is 55.1 Å². The average Bonchev–Trinajstić information content (AvgIpc) is 3.33. The summed E-state index contributed by atoms with van der Waals surface area (Å²) >= 11 is 21.2. The van der Waals surface area contributed by atoms with E-state index in [1.54, 1.807) is 48.8 Å². The van der Waals surface area contributed by atoms with Crippen molar-refractivity contribution in [3.05, 3.63) is 149 Å². The van der Waals surface area contributed by atoms with Gasteiger partial charge in [-0.3, -0.25) is 19.6 Å². The van der Waals surface area contributed by atoms with Crippen LogP contribution < -0.4 is 24.3 Å². The smallest absolute Gasteiger partial charge is 0.306 e. The number of aliphatic carboxylic acids is 2. The molecule has 0 saturated carbocycles. The lowest BCUT2D eigenvalue weighted by Gasteiger charge is -2.17. The largest absolute Gasteiger partial charge is 0.481 e. The Morgan fingerprint density at radius 3 is 1.61 bits per heavy atom. The molecule has 0 aliphatic carbocycles. The van der Waals surface area contributed by atoms with E-state index in [0.717, 1.165) is 0 Å². The van der Waals surface area contributed by atoms with Crippen molar-refractivity contribution in [2.45, 2.75) is 77.3 Å². The van der Waals surface area contributed by atoms with Gasteiger partial charge in [-0.1, -0.05) is 59.6 Å². The molecule has 0 saturated heterocycles. The van der Waals surface area contributed by atoms with Crippen LogP contribution in [0, 0.1) is 22.7 Å². The summed E-state index contributed by atoms with van der Waals surface area (Å²) in [6, 6.07) is 21.8. The van der Waals surface area contributed by atoms with Gasteiger partial charge in [-0.05, 0) is 75.4 Å². The van der Waals surface area contributed by atoms with Crippen molar-refractivity contribution in [2.24, 2.45) is 0 Å². The van der Waals surface area contributed by atoms with Crippen LogP contribution in [-0.2, 0) is 49.0 Å². The topological polar surface area (TPSA) is 263 Å². The number of ether oxygens (including phenoxy) is 4. The summed E-state index contributed by atoms with van der Waals surface area (Å²) in [6.07, 6.45) is 4.21. The third-order valence-electron chi connectivity index (χ3n) is 10.2. The second-order valence-corrected chi connectivity index (χ2v) is 18.1. The number of aryl methyl sites for hydroxylation is 1. The number of rotatable bonds is 25. The number of hydrogen-bond donors (Lipinski definition) is 5. The Kier molecular flexibility index (Phi) is 19.6. The number of halogens is 4. The molecule has 0 bridgehead atoms. The zero-order valence-electron chi connectivity index (χ0n) is 36.9. The highest BCUT2D eigenvalue weighted by Crippen LogP contribution is 2.39. The molecule has 362 valence electrons. The number of pyridine rings is 4. The molecule has 0 spiro atoms. The number of benzene rings is 2. The molecule has 6 aromatic rings. The first-order valence-corrected chi connectivity index (χ1v) is 23.7. The molecule has 0 fully saturated rings. The lowest BCUT2D eigenvalue weighted by Crippen LogP contribution is -2.28. The molecule has 4 heterocycles. The maximum atomic E-state index is 11.1. The van der Waals surface area contributed by atoms with Gasteiger partial charge in [0.1, 0.15) is 38.6 Å². The molecule has 17 nitrogen and oxygen atoms in total. The number of aliphatic hydroxyl groups excluding tert-OH is 2. The highest BCUT2D eigenvalue weighted by molar-refractivity contribution is 9.10. The number of aromatic nitrogens is 4. The Hall–Kier alpha value is -6.42. The van der Waals surface area contributed by atoms with Crippen LogP contribution in [-0.4, -0.2) is 71.1 Å². The van der Waals surface area contributed by atoms with Crippen LogP contribution in [0.25, 0.3) is 11.1 Å². The second kappa shape index (κ2) is 26.0. The number of nitriles is 2. The zero-order chi connectivity index (χ0) is 50.2. The van der Waals surface area contributed by atoms with Crippen LogP contribution in [0.15, 0.2) is 94.4 Å². The van der Waals surface area contributed by atoms with E-state index in [1.165, 1.54) is 12.4 Å². The van der Waals surface area contributed by atoms with Gasteiger partial charge in [0, 0.05) is 82.4 Å². The number of nitrogens with zero attached hydrogens (tertiary/aromatic N) is 6. The number of aliphatic hydroxyl groups is 2. The number of hydrogen-bond acceptors (Lipinski definition) is 15. The van der Waals surface area contributed by atoms with Crippen molar-refractivity contribution in [1.29, 1.82) is 10.5 Å². The molecular weight excluding hydrogens is 1080 g/mol. The minimum Gasteiger partial charge on any atom is -0.481 e. The Balaban J connectivity index is 1.18. The van der Waals surface area contributed by atoms with E-state index in [1.807, 2.05) is 30.3 Å². The standard InChI is InChI=1S/C49H43Br2Cl2N7O10/c50-40-12-32(4-1-7-36(61)14-42(63)64)46(67-24-30-10-28(16-54)18-56-20-30)59-48(40)69-26-33-5-2-8-38(44(33)52)39-9-3-6-34(45(39)53)27-70-49-41(51)13-35(22-58-23-37(62)15-43(65)66)47(60-49)68-25-31-11-29(17-55)19-57-21-31/h2-3,5-6,8-13,18-21,36-37,58,61-62H,1,4,7,14-15,22-27H2,(H,63,64)(H,65,66)/t36-,37+/m0/s1. The second-order valence-electron chi connectivity index (χ2n) is 15.6. The van der Waals surface area contributed by atoms with Gasteiger partial charge in [-0.25, -0.2) is 0 Å². The summed E-state index contributed by atoms with van der Waals surface area (Å²) in [5.74, 6) is -1.42. The van der Waals surface area contributed by atoms with E-state index in [-0.39, 0.29) is 75.9 Å². The van der Waals surface area contributed by atoms with Gasteiger partial charge in [0.2, 0.25) is 23.5 Å². The van der Waals surface area contributed by atoms with E-state index in [9.17, 15) is 30.3 Å². The third kappa shape index (κ3) is 15.3. The Morgan fingerprint density at radius 2 is 1.11 bits per heavy atom. The summed E-state index contributed by atoms with van der Waals surface area (Å²) in [5.41, 5.74) is 5.69. The fourth-order valence-electron chi connectivity index (χ4n) is 6.87. The minimum absolute atomic E-state index is 0.00116. The van der Waals surface area contributed by atoms with Gasteiger partial charge in [0.25, 0.3) is 0 Å². The van der Waals surface area contributed by atoms with Gasteiger partial charge >= 0.3 is 11.9 Å².